The molecule has 0 aliphatic carbocycles. The van der Waals surface area contributed by atoms with Crippen molar-refractivity contribution < 1.29 is 0 Å². The molecule has 0 bridgehead atoms. The van der Waals surface area contributed by atoms with Crippen LogP contribution in [0.25, 0.3) is 0 Å². The average Bonchev–Trinajstić information content (AvgIpc) is 2.52. The molecular weight excluding hydrogens is 180 g/mol. The summed E-state index contributed by atoms with van der Waals surface area (Å²) in [6.07, 6.45) is 0. The summed E-state index contributed by atoms with van der Waals surface area (Å²) in [4.78, 5) is 8.95. The number of aromatic nitrogens is 1. The maximum Gasteiger partial charge on any atom is 0.117 e. The molecule has 2 nitrogen and oxygen atoms in total. The number of pyridine rings is 1. The highest BCUT2D eigenvalue weighted by atomic mass is 32.2. The van der Waals surface area contributed by atoms with Crippen LogP contribution in [0.15, 0.2) is 23.2 Å². The Morgan fingerprint density at radius 2 is 2.31 bits per heavy atom. The first kappa shape index (κ1) is 8.75. The summed E-state index contributed by atoms with van der Waals surface area (Å²) in [5.74, 6) is 1.09. The second kappa shape index (κ2) is 3.50. The van der Waals surface area contributed by atoms with E-state index >= 15 is 0 Å². The normalized spacial score (nSPS) is 21.7. The summed E-state index contributed by atoms with van der Waals surface area (Å²) < 4.78 is 0. The van der Waals surface area contributed by atoms with Gasteiger partial charge in [-0.05, 0) is 26.0 Å². The number of aliphatic imine (C=N–C) groups is 1. The number of aryl methyl sites for hydroxylation is 1. The van der Waals surface area contributed by atoms with Crippen molar-refractivity contribution in [2.75, 3.05) is 5.75 Å². The highest BCUT2D eigenvalue weighted by molar-refractivity contribution is 8.14. The fourth-order valence-electron chi connectivity index (χ4n) is 1.28. The first-order valence-electron chi connectivity index (χ1n) is 4.40. The van der Waals surface area contributed by atoms with E-state index in [0.29, 0.717) is 6.04 Å². The molecule has 0 N–H and O–H groups in total. The van der Waals surface area contributed by atoms with Crippen LogP contribution in [0, 0.1) is 6.92 Å². The molecule has 0 radical (unpaired) electrons. The van der Waals surface area contributed by atoms with E-state index in [-0.39, 0.29) is 0 Å². The minimum absolute atomic E-state index is 0.447. The lowest BCUT2D eigenvalue weighted by Crippen LogP contribution is -1.97. The van der Waals surface area contributed by atoms with Crippen molar-refractivity contribution >= 4 is 16.8 Å². The van der Waals surface area contributed by atoms with Gasteiger partial charge in [0.2, 0.25) is 0 Å². The standard InChI is InChI=1S/C10H12N2S/c1-7-4-3-5-9(11-7)10-12-8(2)6-13-10/h3-5,8H,6H2,1-2H3/t8-/m1/s1. The molecule has 0 saturated carbocycles. The van der Waals surface area contributed by atoms with Crippen LogP contribution < -0.4 is 0 Å². The van der Waals surface area contributed by atoms with Crippen LogP contribution in [-0.4, -0.2) is 21.8 Å². The van der Waals surface area contributed by atoms with Gasteiger partial charge in [0.1, 0.15) is 5.04 Å². The second-order valence-electron chi connectivity index (χ2n) is 3.26. The molecule has 1 aliphatic heterocycles. The van der Waals surface area contributed by atoms with Crippen molar-refractivity contribution in [2.24, 2.45) is 4.99 Å². The molecule has 13 heavy (non-hydrogen) atoms. The van der Waals surface area contributed by atoms with Crippen molar-refractivity contribution in [3.05, 3.63) is 29.6 Å². The van der Waals surface area contributed by atoms with Gasteiger partial charge in [-0.1, -0.05) is 6.07 Å². The van der Waals surface area contributed by atoms with Gasteiger partial charge in [0, 0.05) is 11.4 Å². The average molecular weight is 192 g/mol. The Kier molecular flexibility index (Phi) is 2.36. The van der Waals surface area contributed by atoms with E-state index in [1.165, 1.54) is 0 Å². The first-order valence-corrected chi connectivity index (χ1v) is 5.39. The molecule has 0 spiro atoms. The number of hydrogen-bond donors (Lipinski definition) is 0. The summed E-state index contributed by atoms with van der Waals surface area (Å²) in [7, 11) is 0. The van der Waals surface area contributed by atoms with Gasteiger partial charge in [0.15, 0.2) is 0 Å². The molecule has 1 aromatic rings. The summed E-state index contributed by atoms with van der Waals surface area (Å²) >= 11 is 1.80. The zero-order chi connectivity index (χ0) is 9.26. The van der Waals surface area contributed by atoms with E-state index in [2.05, 4.69) is 16.9 Å². The maximum absolute atomic E-state index is 4.52. The lowest BCUT2D eigenvalue weighted by Gasteiger charge is -1.98. The molecule has 1 aromatic heterocycles. The smallest absolute Gasteiger partial charge is 0.117 e. The van der Waals surface area contributed by atoms with Gasteiger partial charge in [0.25, 0.3) is 0 Å². The van der Waals surface area contributed by atoms with Gasteiger partial charge in [-0.3, -0.25) is 9.98 Å². The number of hydrogen-bond acceptors (Lipinski definition) is 3. The van der Waals surface area contributed by atoms with Crippen LogP contribution in [0.4, 0.5) is 0 Å². The van der Waals surface area contributed by atoms with Gasteiger partial charge in [0.05, 0.1) is 11.7 Å². The van der Waals surface area contributed by atoms with Crippen LogP contribution in [0.1, 0.15) is 18.3 Å². The summed E-state index contributed by atoms with van der Waals surface area (Å²) in [6, 6.07) is 6.51. The van der Waals surface area contributed by atoms with E-state index in [1.54, 1.807) is 11.8 Å². The van der Waals surface area contributed by atoms with E-state index in [1.807, 2.05) is 25.1 Å². The van der Waals surface area contributed by atoms with Crippen LogP contribution in [0.2, 0.25) is 0 Å². The molecular formula is C10H12N2S. The molecule has 1 aliphatic rings. The van der Waals surface area contributed by atoms with Gasteiger partial charge in [-0.2, -0.15) is 0 Å². The van der Waals surface area contributed by atoms with Crippen molar-refractivity contribution in [2.45, 2.75) is 19.9 Å². The van der Waals surface area contributed by atoms with Gasteiger partial charge in [-0.25, -0.2) is 0 Å². The van der Waals surface area contributed by atoms with E-state index < -0.39 is 0 Å². The molecule has 1 atom stereocenters. The molecule has 2 rings (SSSR count). The highest BCUT2D eigenvalue weighted by Gasteiger charge is 2.15. The quantitative estimate of drug-likeness (QED) is 0.682. The van der Waals surface area contributed by atoms with Gasteiger partial charge in [-0.15, -0.1) is 11.8 Å². The van der Waals surface area contributed by atoms with Gasteiger partial charge >= 0.3 is 0 Å². The Morgan fingerprint density at radius 1 is 1.46 bits per heavy atom. The van der Waals surface area contributed by atoms with Crippen LogP contribution in [0.3, 0.4) is 0 Å². The Balaban J connectivity index is 2.31. The topological polar surface area (TPSA) is 25.2 Å². The third-order valence-corrected chi connectivity index (χ3v) is 3.14. The first-order chi connectivity index (χ1) is 6.25. The monoisotopic (exact) mass is 192 g/mol. The molecule has 0 saturated heterocycles. The molecule has 0 fully saturated rings. The Hall–Kier alpha value is -0.830. The summed E-state index contributed by atoms with van der Waals surface area (Å²) in [5, 5.41) is 1.09. The fourth-order valence-corrected chi connectivity index (χ4v) is 2.27. The number of thioether (sulfide) groups is 1. The van der Waals surface area contributed by atoms with Crippen LogP contribution >= 0.6 is 11.8 Å². The Bertz CT molecular complexity index is 347. The minimum atomic E-state index is 0.447. The van der Waals surface area contributed by atoms with E-state index in [0.717, 1.165) is 22.2 Å². The maximum atomic E-state index is 4.52. The molecule has 3 heteroatoms. The van der Waals surface area contributed by atoms with Crippen molar-refractivity contribution in [1.29, 1.82) is 0 Å². The molecule has 0 amide bonds. The molecule has 0 unspecified atom stereocenters. The second-order valence-corrected chi connectivity index (χ2v) is 4.27. The Morgan fingerprint density at radius 3 is 2.92 bits per heavy atom. The molecule has 2 heterocycles. The third kappa shape index (κ3) is 1.91. The lowest BCUT2D eigenvalue weighted by molar-refractivity contribution is 0.864. The fraction of sp³-hybridized carbons (Fsp3) is 0.400. The van der Waals surface area contributed by atoms with E-state index in [9.17, 15) is 0 Å². The third-order valence-electron chi connectivity index (χ3n) is 1.91. The predicted molar refractivity (Wildman–Crippen MR) is 57.4 cm³/mol. The Labute approximate surface area is 82.5 Å². The zero-order valence-electron chi connectivity index (χ0n) is 7.82. The SMILES string of the molecule is Cc1cccc(C2=N[C@H](C)CS2)n1. The van der Waals surface area contributed by atoms with E-state index in [4.69, 9.17) is 0 Å². The van der Waals surface area contributed by atoms with Gasteiger partial charge < -0.3 is 0 Å². The van der Waals surface area contributed by atoms with Crippen LogP contribution in [-0.2, 0) is 0 Å². The minimum Gasteiger partial charge on any atom is -0.272 e. The summed E-state index contributed by atoms with van der Waals surface area (Å²) in [6.45, 7) is 4.14. The number of rotatable bonds is 1. The largest absolute Gasteiger partial charge is 0.272 e. The summed E-state index contributed by atoms with van der Waals surface area (Å²) in [5.41, 5.74) is 2.08. The number of nitrogens with zero attached hydrogens (tertiary/aromatic N) is 2. The zero-order valence-corrected chi connectivity index (χ0v) is 8.64. The molecule has 0 aromatic carbocycles. The highest BCUT2D eigenvalue weighted by Crippen LogP contribution is 2.21. The predicted octanol–water partition coefficient (Wildman–Crippen LogP) is 2.27. The van der Waals surface area contributed by atoms with Crippen molar-refractivity contribution in [3.63, 3.8) is 0 Å². The lowest BCUT2D eigenvalue weighted by atomic mass is 10.3. The van der Waals surface area contributed by atoms with Crippen molar-refractivity contribution in [1.82, 2.24) is 4.98 Å². The van der Waals surface area contributed by atoms with Crippen LogP contribution in [0.5, 0.6) is 0 Å². The van der Waals surface area contributed by atoms with Crippen molar-refractivity contribution in [3.8, 4) is 0 Å². The molecule has 68 valence electrons.